The lowest BCUT2D eigenvalue weighted by atomic mass is 10.0. The van der Waals surface area contributed by atoms with Gasteiger partial charge in [0.1, 0.15) is 0 Å². The van der Waals surface area contributed by atoms with Crippen LogP contribution in [0.15, 0.2) is 0 Å². The molecule has 1 heterocycles. The van der Waals surface area contributed by atoms with Crippen LogP contribution in [-0.2, 0) is 14.6 Å². The topological polar surface area (TPSA) is 55.4 Å². The predicted molar refractivity (Wildman–Crippen MR) is 96.0 cm³/mol. The highest BCUT2D eigenvalue weighted by molar-refractivity contribution is 7.91. The fraction of sp³-hybridized carbons (Fsp3) is 0.938. The van der Waals surface area contributed by atoms with Crippen molar-refractivity contribution in [1.29, 1.82) is 0 Å². The van der Waals surface area contributed by atoms with E-state index >= 15 is 0 Å². The monoisotopic (exact) mass is 349 g/mol. The maximum absolute atomic E-state index is 11.5. The van der Waals surface area contributed by atoms with Crippen LogP contribution in [-0.4, -0.2) is 37.2 Å². The predicted octanol–water partition coefficient (Wildman–Crippen LogP) is 3.60. The van der Waals surface area contributed by atoms with Gasteiger partial charge in [-0.1, -0.05) is 51.9 Å². The van der Waals surface area contributed by atoms with Crippen molar-refractivity contribution in [2.45, 2.75) is 77.2 Å². The molecule has 0 aromatic rings. The van der Waals surface area contributed by atoms with Crippen molar-refractivity contribution in [3.8, 4) is 0 Å². The van der Waals surface area contributed by atoms with E-state index in [4.69, 9.17) is 17.0 Å². The fourth-order valence-electron chi connectivity index (χ4n) is 2.79. The lowest BCUT2D eigenvalue weighted by Gasteiger charge is -2.25. The highest BCUT2D eigenvalue weighted by Gasteiger charge is 2.39. The molecule has 1 rings (SSSR count). The summed E-state index contributed by atoms with van der Waals surface area (Å²) in [5.74, 6) is 0.373. The van der Waals surface area contributed by atoms with Gasteiger partial charge in [0.15, 0.2) is 9.84 Å². The smallest absolute Gasteiger partial charge is 0.257 e. The standard InChI is InChI=1S/C16H31NO3S2/c1-3-4-5-6-7-8-9-10-12-20-15(21)17-16(2)11-13-22(18,19)14-16/h3-14H2,1-2H3,(H,17,21). The Labute approximate surface area is 141 Å². The maximum Gasteiger partial charge on any atom is 0.257 e. The summed E-state index contributed by atoms with van der Waals surface area (Å²) in [5, 5.41) is 3.40. The van der Waals surface area contributed by atoms with E-state index in [1.807, 2.05) is 6.92 Å². The summed E-state index contributed by atoms with van der Waals surface area (Å²) in [6.07, 6.45) is 10.6. The molecule has 1 N–H and O–H groups in total. The molecular formula is C16H31NO3S2. The Morgan fingerprint density at radius 3 is 2.27 bits per heavy atom. The molecule has 6 heteroatoms. The third-order valence-electron chi connectivity index (χ3n) is 4.14. The minimum atomic E-state index is -2.92. The van der Waals surface area contributed by atoms with Gasteiger partial charge < -0.3 is 10.1 Å². The molecule has 1 fully saturated rings. The Bertz CT molecular complexity index is 437. The average Bonchev–Trinajstić information content (AvgIpc) is 2.70. The Morgan fingerprint density at radius 2 is 1.73 bits per heavy atom. The van der Waals surface area contributed by atoms with Gasteiger partial charge in [0.05, 0.1) is 23.7 Å². The zero-order chi connectivity index (χ0) is 16.5. The van der Waals surface area contributed by atoms with Gasteiger partial charge >= 0.3 is 0 Å². The molecule has 0 aromatic carbocycles. The third kappa shape index (κ3) is 8.32. The Balaban J connectivity index is 2.02. The number of nitrogens with one attached hydrogen (secondary N) is 1. The van der Waals surface area contributed by atoms with E-state index in [9.17, 15) is 8.42 Å². The molecule has 0 aliphatic carbocycles. The number of sulfone groups is 1. The number of ether oxygens (including phenoxy) is 1. The van der Waals surface area contributed by atoms with Crippen molar-refractivity contribution in [2.75, 3.05) is 18.1 Å². The second-order valence-corrected chi connectivity index (χ2v) is 9.19. The summed E-state index contributed by atoms with van der Waals surface area (Å²) in [4.78, 5) is 0. The lowest BCUT2D eigenvalue weighted by Crippen LogP contribution is -2.47. The van der Waals surface area contributed by atoms with E-state index in [2.05, 4.69) is 12.2 Å². The number of hydrogen-bond acceptors (Lipinski definition) is 4. The zero-order valence-corrected chi connectivity index (χ0v) is 15.7. The molecule has 0 amide bonds. The van der Waals surface area contributed by atoms with E-state index in [0.717, 1.165) is 6.42 Å². The number of rotatable bonds is 10. The van der Waals surface area contributed by atoms with E-state index in [1.165, 1.54) is 44.9 Å². The second-order valence-electron chi connectivity index (χ2n) is 6.64. The van der Waals surface area contributed by atoms with Crippen LogP contribution in [0.2, 0.25) is 0 Å². The SMILES string of the molecule is CCCCCCCCCCOC(=S)NC1(C)CCS(=O)(=O)C1. The van der Waals surface area contributed by atoms with Crippen molar-refractivity contribution < 1.29 is 13.2 Å². The van der Waals surface area contributed by atoms with Gasteiger partial charge in [-0.05, 0) is 32.0 Å². The lowest BCUT2D eigenvalue weighted by molar-refractivity contribution is 0.272. The number of unbranched alkanes of at least 4 members (excludes halogenated alkanes) is 7. The van der Waals surface area contributed by atoms with Crippen LogP contribution in [0.4, 0.5) is 0 Å². The van der Waals surface area contributed by atoms with Crippen LogP contribution in [0.3, 0.4) is 0 Å². The maximum atomic E-state index is 11.5. The molecular weight excluding hydrogens is 318 g/mol. The van der Waals surface area contributed by atoms with Gasteiger partial charge in [-0.2, -0.15) is 0 Å². The van der Waals surface area contributed by atoms with Crippen molar-refractivity contribution in [2.24, 2.45) is 0 Å². The molecule has 0 radical (unpaired) electrons. The van der Waals surface area contributed by atoms with Crippen molar-refractivity contribution in [1.82, 2.24) is 5.32 Å². The number of hydrogen-bond donors (Lipinski definition) is 1. The summed E-state index contributed by atoms with van der Waals surface area (Å²) >= 11 is 5.16. The van der Waals surface area contributed by atoms with E-state index in [-0.39, 0.29) is 11.5 Å². The first-order valence-electron chi connectivity index (χ1n) is 8.52. The van der Waals surface area contributed by atoms with Gasteiger partial charge in [-0.25, -0.2) is 8.42 Å². The van der Waals surface area contributed by atoms with Crippen LogP contribution in [0.25, 0.3) is 0 Å². The largest absolute Gasteiger partial charge is 0.471 e. The summed E-state index contributed by atoms with van der Waals surface area (Å²) in [6, 6.07) is 0. The Hall–Kier alpha value is -0.360. The normalized spacial score (nSPS) is 23.4. The Kier molecular flexibility index (Phi) is 8.69. The minimum Gasteiger partial charge on any atom is -0.471 e. The minimum absolute atomic E-state index is 0.140. The van der Waals surface area contributed by atoms with Gasteiger partial charge in [-0.15, -0.1) is 0 Å². The molecule has 0 aromatic heterocycles. The molecule has 1 aliphatic heterocycles. The molecule has 1 unspecified atom stereocenters. The van der Waals surface area contributed by atoms with E-state index in [1.54, 1.807) is 0 Å². The zero-order valence-electron chi connectivity index (χ0n) is 14.0. The quantitative estimate of drug-likeness (QED) is 0.482. The third-order valence-corrected chi connectivity index (χ3v) is 6.26. The first kappa shape index (κ1) is 19.7. The van der Waals surface area contributed by atoms with Crippen molar-refractivity contribution in [3.05, 3.63) is 0 Å². The first-order valence-corrected chi connectivity index (χ1v) is 10.8. The Morgan fingerprint density at radius 1 is 1.14 bits per heavy atom. The molecule has 130 valence electrons. The summed E-state index contributed by atoms with van der Waals surface area (Å²) in [6.45, 7) is 4.74. The molecule has 0 bridgehead atoms. The van der Waals surface area contributed by atoms with Crippen molar-refractivity contribution >= 4 is 27.2 Å². The van der Waals surface area contributed by atoms with Gasteiger partial charge in [0, 0.05) is 0 Å². The molecule has 0 spiro atoms. The molecule has 1 aliphatic rings. The molecule has 0 saturated carbocycles. The number of thiocarbonyl (C=S) groups is 1. The van der Waals surface area contributed by atoms with E-state index in [0.29, 0.717) is 18.2 Å². The van der Waals surface area contributed by atoms with Crippen LogP contribution < -0.4 is 5.32 Å². The van der Waals surface area contributed by atoms with Gasteiger partial charge in [-0.3, -0.25) is 0 Å². The first-order chi connectivity index (χ1) is 10.4. The molecule has 4 nitrogen and oxygen atoms in total. The highest BCUT2D eigenvalue weighted by atomic mass is 32.2. The fourth-order valence-corrected chi connectivity index (χ4v) is 5.22. The van der Waals surface area contributed by atoms with Crippen LogP contribution in [0.5, 0.6) is 0 Å². The summed E-state index contributed by atoms with van der Waals surface area (Å²) in [5.41, 5.74) is -0.463. The second kappa shape index (κ2) is 9.71. The van der Waals surface area contributed by atoms with Crippen LogP contribution in [0, 0.1) is 0 Å². The van der Waals surface area contributed by atoms with Gasteiger partial charge in [0.25, 0.3) is 5.17 Å². The van der Waals surface area contributed by atoms with Crippen LogP contribution >= 0.6 is 12.2 Å². The molecule has 1 atom stereocenters. The molecule has 1 saturated heterocycles. The summed E-state index contributed by atoms with van der Waals surface area (Å²) < 4.78 is 28.6. The van der Waals surface area contributed by atoms with Crippen molar-refractivity contribution in [3.63, 3.8) is 0 Å². The highest BCUT2D eigenvalue weighted by Crippen LogP contribution is 2.22. The van der Waals surface area contributed by atoms with E-state index < -0.39 is 15.4 Å². The van der Waals surface area contributed by atoms with Crippen LogP contribution in [0.1, 0.15) is 71.6 Å². The summed E-state index contributed by atoms with van der Waals surface area (Å²) in [7, 11) is -2.92. The molecule has 22 heavy (non-hydrogen) atoms. The average molecular weight is 350 g/mol. The van der Waals surface area contributed by atoms with Gasteiger partial charge in [0.2, 0.25) is 0 Å².